The summed E-state index contributed by atoms with van der Waals surface area (Å²) in [6, 6.07) is 15.2. The molecule has 21 heavy (non-hydrogen) atoms. The summed E-state index contributed by atoms with van der Waals surface area (Å²) in [5, 5.41) is 0. The molecular formula is C19H25ClN+. The topological polar surface area (TPSA) is 3.88 Å². The number of hydrogen-bond acceptors (Lipinski definition) is 0. The van der Waals surface area contributed by atoms with E-state index in [1.54, 1.807) is 0 Å². The van der Waals surface area contributed by atoms with Crippen LogP contribution in [0.3, 0.4) is 0 Å². The fraction of sp³-hybridized carbons (Fsp3) is 0.421. The molecule has 0 fully saturated rings. The first-order valence-corrected chi connectivity index (χ1v) is 8.27. The quantitative estimate of drug-likeness (QED) is 0.533. The lowest BCUT2D eigenvalue weighted by Crippen LogP contribution is -2.44. The second-order valence-corrected chi connectivity index (χ2v) is 6.49. The average molecular weight is 303 g/mol. The van der Waals surface area contributed by atoms with Gasteiger partial charge < -0.3 is 0 Å². The Morgan fingerprint density at radius 2 is 1.38 bits per heavy atom. The predicted molar refractivity (Wildman–Crippen MR) is 91.0 cm³/mol. The molecule has 1 heterocycles. The molecule has 0 aliphatic rings. The molecule has 0 aliphatic carbocycles. The van der Waals surface area contributed by atoms with Crippen molar-refractivity contribution < 1.29 is 4.57 Å². The molecule has 1 aromatic carbocycles. The van der Waals surface area contributed by atoms with Crippen LogP contribution in [0.1, 0.15) is 50.9 Å². The van der Waals surface area contributed by atoms with E-state index in [2.05, 4.69) is 74.7 Å². The van der Waals surface area contributed by atoms with Gasteiger partial charge in [-0.2, -0.15) is 4.57 Å². The molecule has 2 heteroatoms. The van der Waals surface area contributed by atoms with E-state index in [1.807, 2.05) is 0 Å². The summed E-state index contributed by atoms with van der Waals surface area (Å²) < 4.78 is 2.40. The van der Waals surface area contributed by atoms with Crippen molar-refractivity contribution in [1.29, 1.82) is 0 Å². The maximum atomic E-state index is 6.03. The summed E-state index contributed by atoms with van der Waals surface area (Å²) in [6.07, 6.45) is 0. The molecular weight excluding hydrogens is 278 g/mol. The van der Waals surface area contributed by atoms with Gasteiger partial charge in [-0.3, -0.25) is 0 Å². The maximum absolute atomic E-state index is 6.03. The minimum absolute atomic E-state index is 0.481. The summed E-state index contributed by atoms with van der Waals surface area (Å²) in [5.41, 5.74) is 5.30. The van der Waals surface area contributed by atoms with Crippen molar-refractivity contribution in [2.45, 2.75) is 46.1 Å². The number of halogens is 1. The Morgan fingerprint density at radius 1 is 0.857 bits per heavy atom. The number of alkyl halides is 1. The molecule has 1 aromatic heterocycles. The van der Waals surface area contributed by atoms with Crippen LogP contribution in [0.4, 0.5) is 0 Å². The van der Waals surface area contributed by atoms with Gasteiger partial charge in [-0.15, -0.1) is 11.6 Å². The van der Waals surface area contributed by atoms with E-state index in [9.17, 15) is 0 Å². The highest BCUT2D eigenvalue weighted by atomic mass is 35.5. The third kappa shape index (κ3) is 3.65. The van der Waals surface area contributed by atoms with Crippen molar-refractivity contribution in [3.8, 4) is 11.1 Å². The summed E-state index contributed by atoms with van der Waals surface area (Å²) in [5.74, 6) is 1.61. The normalized spacial score (nSPS) is 11.4. The maximum Gasteiger partial charge on any atom is 0.184 e. The Morgan fingerprint density at radius 3 is 1.81 bits per heavy atom. The van der Waals surface area contributed by atoms with Crippen LogP contribution in [0, 0.1) is 0 Å². The Bertz CT molecular complexity index is 559. The highest BCUT2D eigenvalue weighted by molar-refractivity contribution is 6.17. The number of benzene rings is 1. The average Bonchev–Trinajstić information content (AvgIpc) is 2.48. The third-order valence-electron chi connectivity index (χ3n) is 3.83. The van der Waals surface area contributed by atoms with Crippen molar-refractivity contribution >= 4 is 11.6 Å². The fourth-order valence-electron chi connectivity index (χ4n) is 2.76. The van der Waals surface area contributed by atoms with Gasteiger partial charge in [-0.05, 0) is 11.1 Å². The highest BCUT2D eigenvalue weighted by Gasteiger charge is 2.23. The van der Waals surface area contributed by atoms with Crippen molar-refractivity contribution in [1.82, 2.24) is 0 Å². The number of pyridine rings is 1. The minimum Gasteiger partial charge on any atom is -0.198 e. The first-order chi connectivity index (χ1) is 10.0. The van der Waals surface area contributed by atoms with Crippen LogP contribution in [0.5, 0.6) is 0 Å². The molecule has 2 aromatic rings. The van der Waals surface area contributed by atoms with Crippen LogP contribution in [0.25, 0.3) is 11.1 Å². The number of hydrogen-bond donors (Lipinski definition) is 0. The summed E-state index contributed by atoms with van der Waals surface area (Å²) in [7, 11) is 0. The Hall–Kier alpha value is -1.34. The third-order valence-corrected chi connectivity index (χ3v) is 4.00. The van der Waals surface area contributed by atoms with E-state index >= 15 is 0 Å². The van der Waals surface area contributed by atoms with Gasteiger partial charge in [0.15, 0.2) is 17.9 Å². The van der Waals surface area contributed by atoms with Crippen molar-refractivity contribution in [2.24, 2.45) is 0 Å². The first kappa shape index (κ1) is 16.0. The van der Waals surface area contributed by atoms with Gasteiger partial charge in [0.1, 0.15) is 0 Å². The number of nitrogens with zero attached hydrogens (tertiary/aromatic N) is 1. The Labute approximate surface area is 133 Å². The zero-order valence-corrected chi connectivity index (χ0v) is 14.2. The van der Waals surface area contributed by atoms with Crippen LogP contribution in [0.2, 0.25) is 0 Å². The van der Waals surface area contributed by atoms with Gasteiger partial charge in [-0.1, -0.05) is 58.0 Å². The molecule has 0 radical (unpaired) electrons. The summed E-state index contributed by atoms with van der Waals surface area (Å²) in [6.45, 7) is 9.87. The van der Waals surface area contributed by atoms with Gasteiger partial charge in [-0.25, -0.2) is 0 Å². The molecule has 0 saturated heterocycles. The van der Waals surface area contributed by atoms with E-state index in [0.29, 0.717) is 17.7 Å². The van der Waals surface area contributed by atoms with Gasteiger partial charge in [0.2, 0.25) is 0 Å². The van der Waals surface area contributed by atoms with E-state index < -0.39 is 0 Å². The molecule has 0 amide bonds. The largest absolute Gasteiger partial charge is 0.198 e. The van der Waals surface area contributed by atoms with E-state index in [4.69, 9.17) is 11.6 Å². The summed E-state index contributed by atoms with van der Waals surface area (Å²) in [4.78, 5) is 0. The molecule has 0 atom stereocenters. The van der Waals surface area contributed by atoms with Gasteiger partial charge in [0.25, 0.3) is 0 Å². The second kappa shape index (κ2) is 7.09. The number of aromatic nitrogens is 1. The van der Waals surface area contributed by atoms with Crippen LogP contribution in [-0.4, -0.2) is 5.88 Å². The lowest BCUT2D eigenvalue weighted by molar-refractivity contribution is -0.709. The van der Waals surface area contributed by atoms with Crippen LogP contribution in [0.15, 0.2) is 42.5 Å². The highest BCUT2D eigenvalue weighted by Crippen LogP contribution is 2.25. The number of rotatable bonds is 5. The zero-order chi connectivity index (χ0) is 15.4. The second-order valence-electron chi connectivity index (χ2n) is 6.11. The van der Waals surface area contributed by atoms with Crippen molar-refractivity contribution in [2.75, 3.05) is 5.88 Å². The first-order valence-electron chi connectivity index (χ1n) is 7.73. The van der Waals surface area contributed by atoms with E-state index in [1.165, 1.54) is 22.5 Å². The fourth-order valence-corrected chi connectivity index (χ4v) is 2.93. The van der Waals surface area contributed by atoms with Crippen LogP contribution in [-0.2, 0) is 6.54 Å². The lowest BCUT2D eigenvalue weighted by Gasteiger charge is -2.15. The predicted octanol–water partition coefficient (Wildman–Crippen LogP) is 5.13. The van der Waals surface area contributed by atoms with Crippen LogP contribution >= 0.6 is 11.6 Å². The lowest BCUT2D eigenvalue weighted by atomic mass is 9.97. The molecule has 0 aliphatic heterocycles. The van der Waals surface area contributed by atoms with Crippen LogP contribution < -0.4 is 4.57 Å². The molecule has 0 unspecified atom stereocenters. The summed E-state index contributed by atoms with van der Waals surface area (Å²) >= 11 is 6.03. The molecule has 112 valence electrons. The smallest absolute Gasteiger partial charge is 0.184 e. The van der Waals surface area contributed by atoms with Gasteiger partial charge in [0.05, 0.1) is 5.88 Å². The molecule has 0 saturated carbocycles. The Kier molecular flexibility index (Phi) is 5.41. The SMILES string of the molecule is CC(C)c1cc(-c2ccccc2)cc(C(C)C)[n+]1CCCl. The van der Waals surface area contributed by atoms with Crippen molar-refractivity contribution in [3.05, 3.63) is 53.9 Å². The van der Waals surface area contributed by atoms with Gasteiger partial charge >= 0.3 is 0 Å². The monoisotopic (exact) mass is 302 g/mol. The van der Waals surface area contributed by atoms with E-state index in [-0.39, 0.29) is 0 Å². The standard InChI is InChI=1S/C19H25ClN/c1-14(2)18-12-17(16-8-6-5-7-9-16)13-19(15(3)4)21(18)11-10-20/h5-9,12-15H,10-11H2,1-4H3/q+1. The Balaban J connectivity index is 2.64. The molecule has 0 bridgehead atoms. The minimum atomic E-state index is 0.481. The molecule has 1 nitrogen and oxygen atoms in total. The zero-order valence-electron chi connectivity index (χ0n) is 13.4. The van der Waals surface area contributed by atoms with Crippen molar-refractivity contribution in [3.63, 3.8) is 0 Å². The molecule has 0 spiro atoms. The molecule has 2 rings (SSSR count). The van der Waals surface area contributed by atoms with Gasteiger partial charge in [0, 0.05) is 24.0 Å². The molecule has 0 N–H and O–H groups in total. The van der Waals surface area contributed by atoms with E-state index in [0.717, 1.165) is 6.54 Å².